The third-order valence-corrected chi connectivity index (χ3v) is 4.85. The molecule has 0 spiro atoms. The van der Waals surface area contributed by atoms with Crippen molar-refractivity contribution in [3.8, 4) is 0 Å². The fourth-order valence-electron chi connectivity index (χ4n) is 3.26. The lowest BCUT2D eigenvalue weighted by Crippen LogP contribution is -2.54. The number of nitrogens with zero attached hydrogens (tertiary/aromatic N) is 1. The molecule has 2 aliphatic rings. The van der Waals surface area contributed by atoms with E-state index in [-0.39, 0.29) is 5.91 Å². The number of aliphatic hydroxyl groups is 1. The Morgan fingerprint density at radius 3 is 2.95 bits per heavy atom. The van der Waals surface area contributed by atoms with Crippen LogP contribution in [0.5, 0.6) is 0 Å². The Kier molecular flexibility index (Phi) is 3.27. The summed E-state index contributed by atoms with van der Waals surface area (Å²) in [7, 11) is 0. The van der Waals surface area contributed by atoms with Crippen molar-refractivity contribution < 1.29 is 9.90 Å². The van der Waals surface area contributed by atoms with E-state index in [1.54, 1.807) is 12.1 Å². The van der Waals surface area contributed by atoms with E-state index in [4.69, 9.17) is 11.6 Å². The van der Waals surface area contributed by atoms with E-state index in [0.29, 0.717) is 22.2 Å². The molecule has 1 saturated heterocycles. The first-order chi connectivity index (χ1) is 9.44. The van der Waals surface area contributed by atoms with E-state index >= 15 is 0 Å². The molecule has 0 unspecified atom stereocenters. The standard InChI is InChI=1S/C15H19ClN2O2/c1-9-4-3-7-18(8-9)15(20)11-5-6-12(16)10(2)13(11)17-14(15)19/h5-6,9,20H,3-4,7-8H2,1-2H3,(H,17,19)/t9-,15+/m1/s1. The van der Waals surface area contributed by atoms with Crippen molar-refractivity contribution in [2.24, 2.45) is 5.92 Å². The van der Waals surface area contributed by atoms with Gasteiger partial charge in [0, 0.05) is 23.7 Å². The lowest BCUT2D eigenvalue weighted by atomic mass is 9.94. The Bertz CT molecular complexity index is 575. The van der Waals surface area contributed by atoms with Gasteiger partial charge in [0.1, 0.15) is 0 Å². The van der Waals surface area contributed by atoms with Crippen LogP contribution >= 0.6 is 11.6 Å². The summed E-state index contributed by atoms with van der Waals surface area (Å²) in [6, 6.07) is 3.50. The first-order valence-corrected chi connectivity index (χ1v) is 7.41. The first-order valence-electron chi connectivity index (χ1n) is 7.03. The maximum atomic E-state index is 12.4. The molecule has 1 fully saturated rings. The highest BCUT2D eigenvalue weighted by atomic mass is 35.5. The third kappa shape index (κ3) is 1.86. The average Bonchev–Trinajstić information content (AvgIpc) is 2.68. The fraction of sp³-hybridized carbons (Fsp3) is 0.533. The van der Waals surface area contributed by atoms with Crippen molar-refractivity contribution in [1.29, 1.82) is 0 Å². The van der Waals surface area contributed by atoms with Crippen LogP contribution < -0.4 is 5.32 Å². The van der Waals surface area contributed by atoms with Gasteiger partial charge < -0.3 is 10.4 Å². The minimum Gasteiger partial charge on any atom is -0.364 e. The normalized spacial score (nSPS) is 30.2. The van der Waals surface area contributed by atoms with Crippen molar-refractivity contribution >= 4 is 23.2 Å². The number of hydrogen-bond donors (Lipinski definition) is 2. The van der Waals surface area contributed by atoms with Crippen LogP contribution in [0.15, 0.2) is 12.1 Å². The van der Waals surface area contributed by atoms with Gasteiger partial charge in [-0.15, -0.1) is 0 Å². The number of likely N-dealkylation sites (tertiary alicyclic amines) is 1. The Labute approximate surface area is 123 Å². The van der Waals surface area contributed by atoms with Gasteiger partial charge in [-0.3, -0.25) is 9.69 Å². The van der Waals surface area contributed by atoms with E-state index < -0.39 is 5.72 Å². The molecule has 1 amide bonds. The molecule has 0 bridgehead atoms. The summed E-state index contributed by atoms with van der Waals surface area (Å²) in [5.74, 6) is 0.116. The van der Waals surface area contributed by atoms with Crippen LogP contribution in [0.3, 0.4) is 0 Å². The fourth-order valence-corrected chi connectivity index (χ4v) is 3.42. The maximum Gasteiger partial charge on any atom is 0.276 e. The Hall–Kier alpha value is -1.10. The number of rotatable bonds is 1. The summed E-state index contributed by atoms with van der Waals surface area (Å²) < 4.78 is 0. The second-order valence-corrected chi connectivity index (χ2v) is 6.32. The summed E-state index contributed by atoms with van der Waals surface area (Å²) in [5, 5.41) is 14.4. The second-order valence-electron chi connectivity index (χ2n) is 5.91. The minimum atomic E-state index is -1.56. The number of halogens is 1. The third-order valence-electron chi connectivity index (χ3n) is 4.44. The average molecular weight is 295 g/mol. The van der Waals surface area contributed by atoms with Crippen LogP contribution in [0.25, 0.3) is 0 Å². The smallest absolute Gasteiger partial charge is 0.276 e. The topological polar surface area (TPSA) is 52.6 Å². The Morgan fingerprint density at radius 1 is 1.50 bits per heavy atom. The van der Waals surface area contributed by atoms with Gasteiger partial charge in [0.25, 0.3) is 5.91 Å². The molecule has 0 saturated carbocycles. The SMILES string of the molecule is Cc1c(Cl)ccc2c1NC(=O)[C@]2(O)N1CCC[C@@H](C)C1. The molecule has 1 aromatic rings. The van der Waals surface area contributed by atoms with Gasteiger partial charge in [0.15, 0.2) is 0 Å². The van der Waals surface area contributed by atoms with Crippen molar-refractivity contribution in [2.75, 3.05) is 18.4 Å². The van der Waals surface area contributed by atoms with Crippen molar-refractivity contribution in [3.63, 3.8) is 0 Å². The molecule has 2 aliphatic heterocycles. The molecule has 2 heterocycles. The zero-order chi connectivity index (χ0) is 14.5. The van der Waals surface area contributed by atoms with Crippen molar-refractivity contribution in [2.45, 2.75) is 32.4 Å². The minimum absolute atomic E-state index is 0.369. The molecule has 0 aliphatic carbocycles. The predicted octanol–water partition coefficient (Wildman–Crippen LogP) is 2.48. The van der Waals surface area contributed by atoms with Crippen LogP contribution in [0.4, 0.5) is 5.69 Å². The number of amides is 1. The van der Waals surface area contributed by atoms with Crippen LogP contribution in [-0.4, -0.2) is 29.0 Å². The zero-order valence-electron chi connectivity index (χ0n) is 11.7. The van der Waals surface area contributed by atoms with E-state index in [1.807, 2.05) is 11.8 Å². The number of nitrogens with one attached hydrogen (secondary N) is 1. The van der Waals surface area contributed by atoms with Crippen molar-refractivity contribution in [3.05, 3.63) is 28.3 Å². The molecule has 0 radical (unpaired) electrons. The predicted molar refractivity (Wildman–Crippen MR) is 78.7 cm³/mol. The summed E-state index contributed by atoms with van der Waals surface area (Å²) >= 11 is 6.10. The Balaban J connectivity index is 2.07. The summed E-state index contributed by atoms with van der Waals surface area (Å²) in [6.07, 6.45) is 2.14. The van der Waals surface area contributed by atoms with Crippen LogP contribution in [-0.2, 0) is 10.5 Å². The molecule has 4 nitrogen and oxygen atoms in total. The molecule has 1 aromatic carbocycles. The highest BCUT2D eigenvalue weighted by Gasteiger charge is 2.51. The number of carbonyl (C=O) groups is 1. The van der Waals surface area contributed by atoms with Gasteiger partial charge in [0.05, 0.1) is 5.69 Å². The van der Waals surface area contributed by atoms with E-state index in [1.165, 1.54) is 0 Å². The number of fused-ring (bicyclic) bond motifs is 1. The molecular weight excluding hydrogens is 276 g/mol. The molecule has 20 heavy (non-hydrogen) atoms. The van der Waals surface area contributed by atoms with Crippen molar-refractivity contribution in [1.82, 2.24) is 4.90 Å². The summed E-state index contributed by atoms with van der Waals surface area (Å²) in [6.45, 7) is 5.46. The van der Waals surface area contributed by atoms with E-state index in [0.717, 1.165) is 31.5 Å². The lowest BCUT2D eigenvalue weighted by molar-refractivity contribution is -0.163. The Morgan fingerprint density at radius 2 is 2.25 bits per heavy atom. The van der Waals surface area contributed by atoms with Gasteiger partial charge >= 0.3 is 0 Å². The first kappa shape index (κ1) is 13.9. The van der Waals surface area contributed by atoms with Crippen LogP contribution in [0.1, 0.15) is 30.9 Å². The van der Waals surface area contributed by atoms with Gasteiger partial charge in [0.2, 0.25) is 5.72 Å². The quantitative estimate of drug-likeness (QED) is 0.837. The molecule has 3 rings (SSSR count). The number of piperidine rings is 1. The lowest BCUT2D eigenvalue weighted by Gasteiger charge is -2.39. The molecule has 5 heteroatoms. The van der Waals surface area contributed by atoms with Gasteiger partial charge in [-0.05, 0) is 37.3 Å². The second kappa shape index (κ2) is 4.72. The summed E-state index contributed by atoms with van der Waals surface area (Å²) in [5.41, 5.74) is 0.527. The largest absolute Gasteiger partial charge is 0.364 e. The number of anilines is 1. The molecule has 2 atom stereocenters. The maximum absolute atomic E-state index is 12.4. The monoisotopic (exact) mass is 294 g/mol. The molecular formula is C15H19ClN2O2. The number of benzene rings is 1. The molecule has 2 N–H and O–H groups in total. The van der Waals surface area contributed by atoms with Gasteiger partial charge in [-0.1, -0.05) is 24.6 Å². The van der Waals surface area contributed by atoms with E-state index in [9.17, 15) is 9.90 Å². The number of carbonyl (C=O) groups excluding carboxylic acids is 1. The highest BCUT2D eigenvalue weighted by molar-refractivity contribution is 6.32. The number of hydrogen-bond acceptors (Lipinski definition) is 3. The van der Waals surface area contributed by atoms with E-state index in [2.05, 4.69) is 12.2 Å². The zero-order valence-corrected chi connectivity index (χ0v) is 12.5. The highest BCUT2D eigenvalue weighted by Crippen LogP contribution is 2.43. The van der Waals surface area contributed by atoms with Gasteiger partial charge in [-0.25, -0.2) is 0 Å². The molecule has 0 aromatic heterocycles. The molecule has 108 valence electrons. The van der Waals surface area contributed by atoms with Gasteiger partial charge in [-0.2, -0.15) is 0 Å². The van der Waals surface area contributed by atoms with Crippen LogP contribution in [0.2, 0.25) is 5.02 Å². The summed E-state index contributed by atoms with van der Waals surface area (Å²) in [4.78, 5) is 14.3. The van der Waals surface area contributed by atoms with Crippen LogP contribution in [0, 0.1) is 12.8 Å².